The van der Waals surface area contributed by atoms with Crippen LogP contribution in [0.15, 0.2) is 15.9 Å². The van der Waals surface area contributed by atoms with Crippen molar-refractivity contribution in [2.45, 2.75) is 111 Å². The summed E-state index contributed by atoms with van der Waals surface area (Å²) in [6.45, 7) is 6.89. The Morgan fingerprint density at radius 2 is 1.10 bits per heavy atom. The summed E-state index contributed by atoms with van der Waals surface area (Å²) >= 11 is 7.73. The van der Waals surface area contributed by atoms with E-state index >= 15 is 0 Å². The lowest BCUT2D eigenvalue weighted by atomic mass is 9.91. The molecule has 1 aromatic carbocycles. The van der Waals surface area contributed by atoms with Crippen molar-refractivity contribution >= 4 is 58.8 Å². The molecule has 30 heavy (non-hydrogen) atoms. The summed E-state index contributed by atoms with van der Waals surface area (Å²) in [4.78, 5) is 1.46. The van der Waals surface area contributed by atoms with Crippen molar-refractivity contribution in [2.75, 3.05) is 0 Å². The van der Waals surface area contributed by atoms with Crippen molar-refractivity contribution in [3.05, 3.63) is 31.9 Å². The molecule has 166 valence electrons. The van der Waals surface area contributed by atoms with Gasteiger partial charge in [-0.05, 0) is 82.6 Å². The molecule has 0 N–H and O–H groups in total. The van der Waals surface area contributed by atoms with Gasteiger partial charge in [-0.25, -0.2) is 0 Å². The molecule has 0 atom stereocenters. The molecule has 2 heterocycles. The van der Waals surface area contributed by atoms with Crippen LogP contribution in [0.3, 0.4) is 0 Å². The monoisotopic (exact) mass is 506 g/mol. The van der Waals surface area contributed by atoms with Crippen molar-refractivity contribution in [1.29, 1.82) is 0 Å². The van der Waals surface area contributed by atoms with Gasteiger partial charge in [0.1, 0.15) is 0 Å². The van der Waals surface area contributed by atoms with Gasteiger partial charge in [0.05, 0.1) is 13.2 Å². The normalized spacial score (nSPS) is 11.9. The maximum atomic E-state index is 3.80. The lowest BCUT2D eigenvalue weighted by Crippen LogP contribution is -1.98. The first kappa shape index (κ1) is 24.3. The lowest BCUT2D eigenvalue weighted by Gasteiger charge is -2.14. The van der Waals surface area contributed by atoms with Crippen LogP contribution in [0.4, 0.5) is 0 Å². The van der Waals surface area contributed by atoms with Gasteiger partial charge in [-0.2, -0.15) is 0 Å². The second kappa shape index (κ2) is 12.6. The van der Waals surface area contributed by atoms with Crippen LogP contribution in [-0.2, 0) is 12.8 Å². The average molecular weight is 508 g/mol. The van der Waals surface area contributed by atoms with E-state index in [9.17, 15) is 0 Å². The highest BCUT2D eigenvalue weighted by atomic mass is 79.9. The molecule has 3 heteroatoms. The zero-order valence-corrected chi connectivity index (χ0v) is 22.5. The summed E-state index contributed by atoms with van der Waals surface area (Å²) in [6.07, 6.45) is 19.0. The second-order valence-electron chi connectivity index (χ2n) is 8.89. The topological polar surface area (TPSA) is 0 Å². The van der Waals surface area contributed by atoms with Crippen LogP contribution in [-0.4, -0.2) is 0 Å². The first-order valence-electron chi connectivity index (χ1n) is 12.3. The summed E-state index contributed by atoms with van der Waals surface area (Å²) in [7, 11) is 0. The van der Waals surface area contributed by atoms with Crippen molar-refractivity contribution in [1.82, 2.24) is 0 Å². The molecule has 0 saturated carbocycles. The van der Waals surface area contributed by atoms with Crippen LogP contribution < -0.4 is 0 Å². The summed E-state index contributed by atoms with van der Waals surface area (Å²) in [6, 6.07) is 4.88. The molecule has 0 aliphatic rings. The number of unbranched alkanes of at least 4 members (excludes halogenated alkanes) is 10. The summed E-state index contributed by atoms with van der Waals surface area (Å²) in [5, 5.41) is 3.10. The Balaban J connectivity index is 1.83. The molecule has 3 aromatic rings. The highest BCUT2D eigenvalue weighted by Crippen LogP contribution is 2.44. The fraction of sp³-hybridized carbons (Fsp3) is 0.630. The highest BCUT2D eigenvalue weighted by Gasteiger charge is 2.18. The zero-order chi connectivity index (χ0) is 21.3. The van der Waals surface area contributed by atoms with Crippen LogP contribution in [0.25, 0.3) is 20.2 Å². The molecule has 0 unspecified atom stereocenters. The number of fused-ring (bicyclic) bond motifs is 3. The first-order valence-corrected chi connectivity index (χ1v) is 14.7. The molecule has 3 rings (SSSR count). The van der Waals surface area contributed by atoms with Crippen molar-refractivity contribution in [3.63, 3.8) is 0 Å². The van der Waals surface area contributed by atoms with E-state index in [0.29, 0.717) is 0 Å². The average Bonchev–Trinajstić information content (AvgIpc) is 3.30. The number of benzene rings is 1. The van der Waals surface area contributed by atoms with Gasteiger partial charge < -0.3 is 0 Å². The van der Waals surface area contributed by atoms with Crippen LogP contribution in [0, 0.1) is 6.92 Å². The lowest BCUT2D eigenvalue weighted by molar-refractivity contribution is 0.600. The van der Waals surface area contributed by atoms with E-state index in [1.54, 1.807) is 16.5 Å². The Morgan fingerprint density at radius 1 is 0.633 bits per heavy atom. The Kier molecular flexibility index (Phi) is 10.2. The fourth-order valence-electron chi connectivity index (χ4n) is 4.72. The summed E-state index contributed by atoms with van der Waals surface area (Å²) in [5.74, 6) is 0. The van der Waals surface area contributed by atoms with Gasteiger partial charge >= 0.3 is 0 Å². The SMILES string of the molecule is CCCCCCCCc1c(CCCCCCCC)c2cc(Br)sc2c2sc(C)cc12. The Morgan fingerprint density at radius 3 is 1.67 bits per heavy atom. The number of rotatable bonds is 14. The Hall–Kier alpha value is -0.380. The van der Waals surface area contributed by atoms with E-state index < -0.39 is 0 Å². The molecule has 0 nitrogen and oxygen atoms in total. The number of hydrogen-bond acceptors (Lipinski definition) is 2. The summed E-state index contributed by atoms with van der Waals surface area (Å²) < 4.78 is 4.33. The van der Waals surface area contributed by atoms with Crippen molar-refractivity contribution in [2.24, 2.45) is 0 Å². The van der Waals surface area contributed by atoms with Crippen molar-refractivity contribution in [3.8, 4) is 0 Å². The highest BCUT2D eigenvalue weighted by molar-refractivity contribution is 9.11. The van der Waals surface area contributed by atoms with Crippen molar-refractivity contribution < 1.29 is 0 Å². The predicted molar refractivity (Wildman–Crippen MR) is 144 cm³/mol. The molecular formula is C27H39BrS2. The number of thiophene rings is 2. The number of hydrogen-bond donors (Lipinski definition) is 0. The van der Waals surface area contributed by atoms with Gasteiger partial charge in [0, 0.05) is 4.88 Å². The molecule has 0 aliphatic carbocycles. The molecular weight excluding hydrogens is 468 g/mol. The van der Waals surface area contributed by atoms with E-state index in [2.05, 4.69) is 48.8 Å². The third-order valence-corrected chi connectivity index (χ3v) is 9.19. The van der Waals surface area contributed by atoms with Gasteiger partial charge in [0.25, 0.3) is 0 Å². The van der Waals surface area contributed by atoms with E-state index in [1.165, 1.54) is 113 Å². The van der Waals surface area contributed by atoms with E-state index in [4.69, 9.17) is 0 Å². The quantitative estimate of drug-likeness (QED) is 0.190. The molecule has 2 aromatic heterocycles. The maximum Gasteiger partial charge on any atom is 0.0711 e. The Bertz CT molecular complexity index is 843. The third-order valence-electron chi connectivity index (χ3n) is 6.34. The number of aryl methyl sites for hydroxylation is 3. The molecule has 0 fully saturated rings. The van der Waals surface area contributed by atoms with Gasteiger partial charge in [0.15, 0.2) is 0 Å². The Labute approximate surface area is 200 Å². The standard InChI is InChI=1S/C27H39BrS2/c1-4-6-8-10-12-14-16-21-22(17-15-13-11-9-7-5-2)24-19-25(28)30-27(24)26-23(21)18-20(3)29-26/h18-19H,4-17H2,1-3H3. The van der Waals surface area contributed by atoms with Crippen LogP contribution in [0.2, 0.25) is 0 Å². The second-order valence-corrected chi connectivity index (χ2v) is 12.6. The van der Waals surface area contributed by atoms with Crippen LogP contribution >= 0.6 is 38.6 Å². The molecule has 0 aliphatic heterocycles. The maximum absolute atomic E-state index is 3.80. The van der Waals surface area contributed by atoms with Gasteiger partial charge in [0.2, 0.25) is 0 Å². The zero-order valence-electron chi connectivity index (χ0n) is 19.2. The van der Waals surface area contributed by atoms with E-state index in [1.807, 2.05) is 22.7 Å². The molecule has 0 saturated heterocycles. The minimum atomic E-state index is 1.25. The number of halogens is 1. The molecule has 0 amide bonds. The van der Waals surface area contributed by atoms with E-state index in [-0.39, 0.29) is 0 Å². The third kappa shape index (κ3) is 6.33. The fourth-order valence-corrected chi connectivity index (χ4v) is 7.55. The molecule has 0 bridgehead atoms. The van der Waals surface area contributed by atoms with Crippen LogP contribution in [0.1, 0.15) is 107 Å². The minimum absolute atomic E-state index is 1.25. The van der Waals surface area contributed by atoms with Crippen LogP contribution in [0.5, 0.6) is 0 Å². The molecule has 0 spiro atoms. The van der Waals surface area contributed by atoms with Gasteiger partial charge in [-0.15, -0.1) is 22.7 Å². The smallest absolute Gasteiger partial charge is 0.0711 e. The largest absolute Gasteiger partial charge is 0.139 e. The van der Waals surface area contributed by atoms with Gasteiger partial charge in [-0.3, -0.25) is 0 Å². The van der Waals surface area contributed by atoms with E-state index in [0.717, 1.165) is 0 Å². The molecule has 0 radical (unpaired) electrons. The minimum Gasteiger partial charge on any atom is -0.139 e. The predicted octanol–water partition coefficient (Wildman–Crippen LogP) is 11.0. The first-order chi connectivity index (χ1) is 14.7. The summed E-state index contributed by atoms with van der Waals surface area (Å²) in [5.41, 5.74) is 3.34. The van der Waals surface area contributed by atoms with Gasteiger partial charge in [-0.1, -0.05) is 78.1 Å².